The van der Waals surface area contributed by atoms with Crippen LogP contribution in [0.5, 0.6) is 0 Å². The first-order chi connectivity index (χ1) is 10.3. The summed E-state index contributed by atoms with van der Waals surface area (Å²) in [6, 6.07) is 0.762. The Morgan fingerprint density at radius 2 is 1.86 bits per heavy atom. The molecular formula is C18H32N2O. The van der Waals surface area contributed by atoms with E-state index in [0.29, 0.717) is 11.7 Å². The summed E-state index contributed by atoms with van der Waals surface area (Å²) in [6.45, 7) is 4.93. The molecule has 4 rings (SSSR count). The Balaban J connectivity index is 1.30. The van der Waals surface area contributed by atoms with Crippen molar-refractivity contribution in [1.82, 2.24) is 10.2 Å². The second kappa shape index (κ2) is 6.17. The Bertz CT molecular complexity index is 349. The molecule has 0 radical (unpaired) electrons. The highest BCUT2D eigenvalue weighted by molar-refractivity contribution is 4.94. The van der Waals surface area contributed by atoms with E-state index in [2.05, 4.69) is 10.2 Å². The van der Waals surface area contributed by atoms with Gasteiger partial charge in [0.25, 0.3) is 0 Å². The van der Waals surface area contributed by atoms with E-state index in [9.17, 15) is 0 Å². The van der Waals surface area contributed by atoms with Crippen molar-refractivity contribution >= 4 is 0 Å². The topological polar surface area (TPSA) is 24.5 Å². The summed E-state index contributed by atoms with van der Waals surface area (Å²) in [4.78, 5) is 2.70. The van der Waals surface area contributed by atoms with Crippen LogP contribution in [0.2, 0.25) is 0 Å². The Kier molecular flexibility index (Phi) is 4.25. The molecule has 2 heterocycles. The quantitative estimate of drug-likeness (QED) is 0.865. The molecule has 2 unspecified atom stereocenters. The van der Waals surface area contributed by atoms with E-state index in [1.54, 1.807) is 0 Å². The fourth-order valence-electron chi connectivity index (χ4n) is 4.88. The fourth-order valence-corrected chi connectivity index (χ4v) is 4.88. The van der Waals surface area contributed by atoms with Crippen molar-refractivity contribution in [3.63, 3.8) is 0 Å². The maximum Gasteiger partial charge on any atom is 0.0710 e. The van der Waals surface area contributed by atoms with Gasteiger partial charge < -0.3 is 10.1 Å². The zero-order valence-corrected chi connectivity index (χ0v) is 13.5. The van der Waals surface area contributed by atoms with Crippen LogP contribution in [0.3, 0.4) is 0 Å². The summed E-state index contributed by atoms with van der Waals surface area (Å²) in [5, 5.41) is 3.77. The van der Waals surface area contributed by atoms with Gasteiger partial charge in [0, 0.05) is 19.1 Å². The normalized spacial score (nSPS) is 37.7. The van der Waals surface area contributed by atoms with Crippen molar-refractivity contribution in [2.75, 3.05) is 26.2 Å². The summed E-state index contributed by atoms with van der Waals surface area (Å²) in [7, 11) is 0. The molecule has 4 fully saturated rings. The molecule has 0 bridgehead atoms. The molecule has 0 aromatic rings. The van der Waals surface area contributed by atoms with Gasteiger partial charge in [0.2, 0.25) is 0 Å². The van der Waals surface area contributed by atoms with Crippen molar-refractivity contribution in [1.29, 1.82) is 0 Å². The van der Waals surface area contributed by atoms with Crippen LogP contribution < -0.4 is 5.32 Å². The Morgan fingerprint density at radius 3 is 2.67 bits per heavy atom. The molecule has 0 aromatic carbocycles. The van der Waals surface area contributed by atoms with Crippen LogP contribution in [0.25, 0.3) is 0 Å². The van der Waals surface area contributed by atoms with Crippen molar-refractivity contribution in [3.8, 4) is 0 Å². The number of nitrogens with zero attached hydrogens (tertiary/aromatic N) is 1. The highest BCUT2D eigenvalue weighted by atomic mass is 16.5. The van der Waals surface area contributed by atoms with Gasteiger partial charge in [-0.15, -0.1) is 0 Å². The van der Waals surface area contributed by atoms with Crippen LogP contribution in [0.4, 0.5) is 0 Å². The minimum atomic E-state index is 0.295. The largest absolute Gasteiger partial charge is 0.370 e. The number of rotatable bonds is 3. The predicted octanol–water partition coefficient (Wildman–Crippen LogP) is 2.94. The molecule has 3 heteroatoms. The van der Waals surface area contributed by atoms with Crippen molar-refractivity contribution in [2.24, 2.45) is 5.92 Å². The van der Waals surface area contributed by atoms with Gasteiger partial charge in [-0.3, -0.25) is 4.90 Å². The lowest BCUT2D eigenvalue weighted by Gasteiger charge is -2.34. The SMILES string of the molecule is C1CCC2(CC1)CCC(CN1CCCNC(C3CC3)C1)O2. The van der Waals surface area contributed by atoms with Gasteiger partial charge in [-0.05, 0) is 64.0 Å². The average Bonchev–Trinajstić information content (AvgIpc) is 3.29. The molecule has 2 saturated heterocycles. The summed E-state index contributed by atoms with van der Waals surface area (Å²) in [5.74, 6) is 0.972. The number of ether oxygens (including phenoxy) is 1. The van der Waals surface area contributed by atoms with E-state index in [1.165, 1.54) is 90.4 Å². The number of hydrogen-bond donors (Lipinski definition) is 1. The predicted molar refractivity (Wildman–Crippen MR) is 85.5 cm³/mol. The lowest BCUT2D eigenvalue weighted by Crippen LogP contribution is -2.42. The van der Waals surface area contributed by atoms with Gasteiger partial charge in [-0.2, -0.15) is 0 Å². The van der Waals surface area contributed by atoms with Gasteiger partial charge in [0.05, 0.1) is 11.7 Å². The Hall–Kier alpha value is -0.120. The smallest absolute Gasteiger partial charge is 0.0710 e. The molecule has 2 atom stereocenters. The molecule has 2 saturated carbocycles. The minimum absolute atomic E-state index is 0.295. The molecule has 1 N–H and O–H groups in total. The summed E-state index contributed by atoms with van der Waals surface area (Å²) < 4.78 is 6.58. The number of hydrogen-bond acceptors (Lipinski definition) is 3. The summed E-state index contributed by atoms with van der Waals surface area (Å²) >= 11 is 0. The molecule has 21 heavy (non-hydrogen) atoms. The first-order valence-corrected chi connectivity index (χ1v) is 9.47. The molecule has 3 nitrogen and oxygen atoms in total. The highest BCUT2D eigenvalue weighted by Crippen LogP contribution is 2.42. The Morgan fingerprint density at radius 1 is 1.00 bits per heavy atom. The molecule has 0 aromatic heterocycles. The molecule has 4 aliphatic rings. The molecule has 2 aliphatic carbocycles. The molecule has 0 amide bonds. The lowest BCUT2D eigenvalue weighted by molar-refractivity contribution is -0.0719. The number of nitrogens with one attached hydrogen (secondary N) is 1. The van der Waals surface area contributed by atoms with Gasteiger partial charge in [-0.1, -0.05) is 19.3 Å². The highest BCUT2D eigenvalue weighted by Gasteiger charge is 2.41. The summed E-state index contributed by atoms with van der Waals surface area (Å²) in [5.41, 5.74) is 0.295. The first kappa shape index (κ1) is 14.5. The van der Waals surface area contributed by atoms with E-state index in [4.69, 9.17) is 4.74 Å². The maximum atomic E-state index is 6.58. The van der Waals surface area contributed by atoms with Gasteiger partial charge >= 0.3 is 0 Å². The lowest BCUT2D eigenvalue weighted by atomic mass is 9.83. The second-order valence-corrected chi connectivity index (χ2v) is 8.03. The van der Waals surface area contributed by atoms with Crippen LogP contribution >= 0.6 is 0 Å². The third-order valence-corrected chi connectivity index (χ3v) is 6.27. The van der Waals surface area contributed by atoms with Crippen LogP contribution in [0.15, 0.2) is 0 Å². The first-order valence-electron chi connectivity index (χ1n) is 9.47. The van der Waals surface area contributed by atoms with E-state index in [-0.39, 0.29) is 0 Å². The van der Waals surface area contributed by atoms with Crippen molar-refractivity contribution < 1.29 is 4.74 Å². The third-order valence-electron chi connectivity index (χ3n) is 6.27. The van der Waals surface area contributed by atoms with Crippen molar-refractivity contribution in [3.05, 3.63) is 0 Å². The zero-order valence-electron chi connectivity index (χ0n) is 13.5. The van der Waals surface area contributed by atoms with E-state index in [0.717, 1.165) is 12.0 Å². The average molecular weight is 292 g/mol. The fraction of sp³-hybridized carbons (Fsp3) is 1.00. The van der Waals surface area contributed by atoms with Gasteiger partial charge in [0.15, 0.2) is 0 Å². The zero-order chi connectivity index (χ0) is 14.1. The molecule has 120 valence electrons. The second-order valence-electron chi connectivity index (χ2n) is 8.03. The monoisotopic (exact) mass is 292 g/mol. The van der Waals surface area contributed by atoms with Crippen molar-refractivity contribution in [2.45, 2.75) is 82.0 Å². The van der Waals surface area contributed by atoms with Crippen LogP contribution in [-0.2, 0) is 4.74 Å². The van der Waals surface area contributed by atoms with Gasteiger partial charge in [-0.25, -0.2) is 0 Å². The van der Waals surface area contributed by atoms with E-state index in [1.807, 2.05) is 0 Å². The molecule has 2 aliphatic heterocycles. The standard InChI is InChI=1S/C18H32N2O/c1-2-8-18(9-3-1)10-7-16(21-18)13-20-12-4-11-19-17(14-20)15-5-6-15/h15-17,19H,1-14H2. The molecule has 1 spiro atoms. The minimum Gasteiger partial charge on any atom is -0.370 e. The van der Waals surface area contributed by atoms with Crippen LogP contribution in [0, 0.1) is 5.92 Å². The Labute approximate surface area is 129 Å². The van der Waals surface area contributed by atoms with Gasteiger partial charge in [0.1, 0.15) is 0 Å². The van der Waals surface area contributed by atoms with E-state index < -0.39 is 0 Å². The third kappa shape index (κ3) is 3.46. The van der Waals surface area contributed by atoms with E-state index >= 15 is 0 Å². The van der Waals surface area contributed by atoms with Crippen LogP contribution in [0.1, 0.15) is 64.2 Å². The maximum absolute atomic E-state index is 6.58. The van der Waals surface area contributed by atoms with Crippen LogP contribution in [-0.4, -0.2) is 48.8 Å². The summed E-state index contributed by atoms with van der Waals surface area (Å²) in [6.07, 6.45) is 14.2. The molecular weight excluding hydrogens is 260 g/mol.